The molecule has 3 nitrogen and oxygen atoms in total. The lowest BCUT2D eigenvalue weighted by atomic mass is 10.0. The molecular formula is C15H21BrCl2N2O. The Balaban J connectivity index is 0.00000220. The number of aryl methyl sites for hydroxylation is 1. The minimum atomic E-state index is 0. The lowest BCUT2D eigenvalue weighted by Gasteiger charge is -2.32. The molecule has 0 bridgehead atoms. The summed E-state index contributed by atoms with van der Waals surface area (Å²) in [6.07, 6.45) is 3.36. The number of benzene rings is 1. The predicted molar refractivity (Wildman–Crippen MR) is 93.4 cm³/mol. The van der Waals surface area contributed by atoms with E-state index in [9.17, 15) is 4.79 Å². The molecule has 0 aromatic heterocycles. The second-order valence-electron chi connectivity index (χ2n) is 5.18. The zero-order valence-electron chi connectivity index (χ0n) is 12.1. The molecule has 0 spiro atoms. The van der Waals surface area contributed by atoms with E-state index in [4.69, 9.17) is 11.6 Å². The summed E-state index contributed by atoms with van der Waals surface area (Å²) < 4.78 is 1.02. The van der Waals surface area contributed by atoms with Gasteiger partial charge in [-0.2, -0.15) is 0 Å². The van der Waals surface area contributed by atoms with Crippen molar-refractivity contribution in [1.29, 1.82) is 0 Å². The Morgan fingerprint density at radius 2 is 2.10 bits per heavy atom. The normalized spacial score (nSPS) is 15.7. The minimum absolute atomic E-state index is 0. The van der Waals surface area contributed by atoms with E-state index in [0.717, 1.165) is 42.4 Å². The van der Waals surface area contributed by atoms with Crippen molar-refractivity contribution in [3.8, 4) is 0 Å². The molecule has 0 aliphatic carbocycles. The fourth-order valence-corrected chi connectivity index (χ4v) is 3.19. The van der Waals surface area contributed by atoms with Crippen LogP contribution in [0.5, 0.6) is 0 Å². The zero-order valence-corrected chi connectivity index (χ0v) is 15.2. The van der Waals surface area contributed by atoms with E-state index in [2.05, 4.69) is 21.2 Å². The Bertz CT molecular complexity index is 477. The Kier molecular flexibility index (Phi) is 8.03. The third-order valence-electron chi connectivity index (χ3n) is 3.87. The molecule has 1 fully saturated rings. The third-order valence-corrected chi connectivity index (χ3v) is 4.88. The average Bonchev–Trinajstić information content (AvgIpc) is 2.48. The number of carbonyl (C=O) groups excluding carboxylic acids is 1. The van der Waals surface area contributed by atoms with E-state index in [1.165, 1.54) is 0 Å². The van der Waals surface area contributed by atoms with Crippen LogP contribution in [-0.4, -0.2) is 37.0 Å². The zero-order chi connectivity index (χ0) is 14.5. The highest BCUT2D eigenvalue weighted by Gasteiger charge is 2.21. The van der Waals surface area contributed by atoms with Crippen LogP contribution in [-0.2, 0) is 11.2 Å². The van der Waals surface area contributed by atoms with Gasteiger partial charge in [0.15, 0.2) is 0 Å². The molecular weight excluding hydrogens is 375 g/mol. The van der Waals surface area contributed by atoms with Crippen LogP contribution in [0.25, 0.3) is 0 Å². The summed E-state index contributed by atoms with van der Waals surface area (Å²) in [5.74, 6) is 0.242. The average molecular weight is 396 g/mol. The summed E-state index contributed by atoms with van der Waals surface area (Å²) in [6, 6.07) is 6.26. The lowest BCUT2D eigenvalue weighted by molar-refractivity contribution is -0.132. The minimum Gasteiger partial charge on any atom is -0.343 e. The van der Waals surface area contributed by atoms with E-state index in [1.807, 2.05) is 30.1 Å². The van der Waals surface area contributed by atoms with Gasteiger partial charge in [0.05, 0.1) is 0 Å². The maximum absolute atomic E-state index is 12.2. The number of amides is 1. The predicted octanol–water partition coefficient (Wildman–Crippen LogP) is 3.67. The van der Waals surface area contributed by atoms with Crippen LogP contribution in [0, 0.1) is 0 Å². The van der Waals surface area contributed by atoms with Gasteiger partial charge in [0.25, 0.3) is 0 Å². The first-order valence-electron chi connectivity index (χ1n) is 6.99. The standard InChI is InChI=1S/C15H20BrClN2O.ClH/c1-18-13-6-8-19(9-7-13)15(20)5-2-11-10-12(17)3-4-14(11)16;/h3-4,10,13,18H,2,5-9H2,1H3;1H. The molecule has 1 aromatic carbocycles. The fraction of sp³-hybridized carbons (Fsp3) is 0.533. The first-order valence-corrected chi connectivity index (χ1v) is 8.16. The summed E-state index contributed by atoms with van der Waals surface area (Å²) >= 11 is 9.49. The van der Waals surface area contributed by atoms with E-state index < -0.39 is 0 Å². The Morgan fingerprint density at radius 1 is 1.43 bits per heavy atom. The van der Waals surface area contributed by atoms with Gasteiger partial charge >= 0.3 is 0 Å². The molecule has 2 rings (SSSR count). The number of likely N-dealkylation sites (tertiary alicyclic amines) is 1. The van der Waals surface area contributed by atoms with Crippen LogP contribution < -0.4 is 5.32 Å². The molecule has 1 aliphatic rings. The maximum atomic E-state index is 12.2. The highest BCUT2D eigenvalue weighted by Crippen LogP contribution is 2.23. The van der Waals surface area contributed by atoms with Gasteiger partial charge in [0.2, 0.25) is 5.91 Å². The van der Waals surface area contributed by atoms with Crippen LogP contribution in [0.3, 0.4) is 0 Å². The number of hydrogen-bond acceptors (Lipinski definition) is 2. The van der Waals surface area contributed by atoms with Crippen molar-refractivity contribution < 1.29 is 4.79 Å². The van der Waals surface area contributed by atoms with Gasteiger partial charge in [-0.05, 0) is 50.1 Å². The highest BCUT2D eigenvalue weighted by molar-refractivity contribution is 9.10. The first kappa shape index (κ1) is 18.8. The molecule has 0 radical (unpaired) electrons. The molecule has 1 amide bonds. The van der Waals surface area contributed by atoms with Crippen molar-refractivity contribution in [3.63, 3.8) is 0 Å². The van der Waals surface area contributed by atoms with Crippen molar-refractivity contribution in [1.82, 2.24) is 10.2 Å². The topological polar surface area (TPSA) is 32.3 Å². The van der Waals surface area contributed by atoms with Crippen molar-refractivity contribution >= 4 is 45.8 Å². The molecule has 6 heteroatoms. The molecule has 21 heavy (non-hydrogen) atoms. The number of halogens is 3. The van der Waals surface area contributed by atoms with E-state index in [1.54, 1.807) is 0 Å². The molecule has 1 aliphatic heterocycles. The van der Waals surface area contributed by atoms with E-state index in [0.29, 0.717) is 17.5 Å². The van der Waals surface area contributed by atoms with Gasteiger partial charge in [0.1, 0.15) is 0 Å². The fourth-order valence-electron chi connectivity index (χ4n) is 2.55. The van der Waals surface area contributed by atoms with Crippen molar-refractivity contribution in [3.05, 3.63) is 33.3 Å². The molecule has 1 N–H and O–H groups in total. The van der Waals surface area contributed by atoms with Gasteiger partial charge in [0, 0.05) is 35.0 Å². The summed E-state index contributed by atoms with van der Waals surface area (Å²) in [6.45, 7) is 1.72. The Labute approximate surface area is 146 Å². The van der Waals surface area contributed by atoms with E-state index in [-0.39, 0.29) is 18.3 Å². The molecule has 0 saturated carbocycles. The van der Waals surface area contributed by atoms with Crippen molar-refractivity contribution in [2.45, 2.75) is 31.7 Å². The third kappa shape index (κ3) is 5.44. The van der Waals surface area contributed by atoms with Gasteiger partial charge in [-0.3, -0.25) is 4.79 Å². The lowest BCUT2D eigenvalue weighted by Crippen LogP contribution is -2.44. The van der Waals surface area contributed by atoms with Crippen molar-refractivity contribution in [2.75, 3.05) is 20.1 Å². The number of rotatable bonds is 4. The Hall–Kier alpha value is -0.290. The monoisotopic (exact) mass is 394 g/mol. The number of carbonyl (C=O) groups is 1. The number of piperidine rings is 1. The van der Waals surface area contributed by atoms with Gasteiger partial charge < -0.3 is 10.2 Å². The van der Waals surface area contributed by atoms with Gasteiger partial charge in [-0.15, -0.1) is 12.4 Å². The SMILES string of the molecule is CNC1CCN(C(=O)CCc2cc(Cl)ccc2Br)CC1.Cl. The highest BCUT2D eigenvalue weighted by atomic mass is 79.9. The Morgan fingerprint density at radius 3 is 2.71 bits per heavy atom. The summed E-state index contributed by atoms with van der Waals surface area (Å²) in [7, 11) is 1.98. The largest absolute Gasteiger partial charge is 0.343 e. The molecule has 0 atom stereocenters. The van der Waals surface area contributed by atoms with Crippen molar-refractivity contribution in [2.24, 2.45) is 0 Å². The maximum Gasteiger partial charge on any atom is 0.222 e. The van der Waals surface area contributed by atoms with Crippen LogP contribution in [0.2, 0.25) is 5.02 Å². The second kappa shape index (κ2) is 8.99. The quantitative estimate of drug-likeness (QED) is 0.843. The second-order valence-corrected chi connectivity index (χ2v) is 6.47. The number of nitrogens with one attached hydrogen (secondary N) is 1. The molecule has 1 heterocycles. The van der Waals surface area contributed by atoms with Gasteiger partial charge in [-0.25, -0.2) is 0 Å². The van der Waals surface area contributed by atoms with E-state index >= 15 is 0 Å². The molecule has 1 saturated heterocycles. The van der Waals surface area contributed by atoms with Crippen LogP contribution in [0.1, 0.15) is 24.8 Å². The number of nitrogens with zero attached hydrogens (tertiary/aromatic N) is 1. The molecule has 0 unspecified atom stereocenters. The molecule has 1 aromatic rings. The summed E-state index contributed by atoms with van der Waals surface area (Å²) in [5, 5.41) is 3.99. The van der Waals surface area contributed by atoms with Crippen LogP contribution in [0.15, 0.2) is 22.7 Å². The summed E-state index contributed by atoms with van der Waals surface area (Å²) in [5.41, 5.74) is 1.09. The molecule has 118 valence electrons. The van der Waals surface area contributed by atoms with Gasteiger partial charge in [-0.1, -0.05) is 27.5 Å². The summed E-state index contributed by atoms with van der Waals surface area (Å²) in [4.78, 5) is 14.2. The number of hydrogen-bond donors (Lipinski definition) is 1. The smallest absolute Gasteiger partial charge is 0.222 e. The van der Waals surface area contributed by atoms with Crippen LogP contribution in [0.4, 0.5) is 0 Å². The first-order chi connectivity index (χ1) is 9.60. The van der Waals surface area contributed by atoms with Crippen LogP contribution >= 0.6 is 39.9 Å².